The van der Waals surface area contributed by atoms with Gasteiger partial charge in [-0.15, -0.1) is 0 Å². The molecule has 0 heterocycles. The fraction of sp³-hybridized carbons (Fsp3) is 1.00. The van der Waals surface area contributed by atoms with E-state index in [1.807, 2.05) is 0 Å². The van der Waals surface area contributed by atoms with Crippen molar-refractivity contribution in [3.63, 3.8) is 0 Å². The minimum Gasteiger partial charge on any atom is -0.427 e. The molecule has 0 radical (unpaired) electrons. The van der Waals surface area contributed by atoms with E-state index in [1.165, 1.54) is 0 Å². The molecule has 0 aromatic carbocycles. The molecule has 0 rings (SSSR count). The molecule has 0 aromatic heterocycles. The molecule has 0 saturated heterocycles. The van der Waals surface area contributed by atoms with Crippen LogP contribution in [-0.2, 0) is 4.43 Å². The third-order valence-electron chi connectivity index (χ3n) is 0.804. The Bertz CT molecular complexity index is 39.0. The first-order valence-corrected chi connectivity index (χ1v) is 3.63. The Morgan fingerprint density at radius 3 is 2.75 bits per heavy atom. The Hall–Kier alpha value is 0.0969. The molecule has 3 nitrogen and oxygen atoms in total. The van der Waals surface area contributed by atoms with Crippen LogP contribution in [0.4, 0.5) is 0 Å². The van der Waals surface area contributed by atoms with Gasteiger partial charge in [0, 0.05) is 26.2 Å². The standard InChI is InChI=1S/C4H14N2OSi/c5-1-2-6-3-4-7-8/h6H,1-5H2,8H3. The molecule has 0 aliphatic rings. The van der Waals surface area contributed by atoms with Crippen LogP contribution >= 0.6 is 0 Å². The van der Waals surface area contributed by atoms with Crippen molar-refractivity contribution in [2.75, 3.05) is 26.2 Å². The topological polar surface area (TPSA) is 47.3 Å². The Kier molecular flexibility index (Phi) is 7.18. The van der Waals surface area contributed by atoms with Crippen molar-refractivity contribution in [2.24, 2.45) is 5.73 Å². The van der Waals surface area contributed by atoms with Gasteiger partial charge in [0.1, 0.15) is 10.5 Å². The summed E-state index contributed by atoms with van der Waals surface area (Å²) in [7, 11) is 0.836. The first-order chi connectivity index (χ1) is 3.91. The van der Waals surface area contributed by atoms with Crippen molar-refractivity contribution in [3.05, 3.63) is 0 Å². The van der Waals surface area contributed by atoms with Crippen LogP contribution in [-0.4, -0.2) is 36.7 Å². The molecule has 0 amide bonds. The smallest absolute Gasteiger partial charge is 0.146 e. The normalized spacial score (nSPS) is 10.1. The predicted molar refractivity (Wildman–Crippen MR) is 37.8 cm³/mol. The molecule has 0 aromatic rings. The predicted octanol–water partition coefficient (Wildman–Crippen LogP) is -2.17. The highest BCUT2D eigenvalue weighted by molar-refractivity contribution is 5.97. The second kappa shape index (κ2) is 7.10. The molecule has 0 bridgehead atoms. The maximum atomic E-state index is 5.22. The van der Waals surface area contributed by atoms with E-state index < -0.39 is 0 Å². The van der Waals surface area contributed by atoms with Crippen molar-refractivity contribution in [1.82, 2.24) is 5.32 Å². The molecular weight excluding hydrogens is 120 g/mol. The highest BCUT2D eigenvalue weighted by Gasteiger charge is 1.80. The number of nitrogens with one attached hydrogen (secondary N) is 1. The molecule has 50 valence electrons. The Balaban J connectivity index is 2.53. The minimum atomic E-state index is 0.709. The molecule has 0 aliphatic heterocycles. The Morgan fingerprint density at radius 1 is 1.50 bits per heavy atom. The van der Waals surface area contributed by atoms with E-state index in [-0.39, 0.29) is 0 Å². The lowest BCUT2D eigenvalue weighted by Gasteiger charge is -1.99. The minimum absolute atomic E-state index is 0.709. The van der Waals surface area contributed by atoms with E-state index in [1.54, 1.807) is 0 Å². The molecule has 0 atom stereocenters. The fourth-order valence-electron chi connectivity index (χ4n) is 0.401. The molecule has 0 spiro atoms. The van der Waals surface area contributed by atoms with Gasteiger partial charge in [-0.25, -0.2) is 0 Å². The van der Waals surface area contributed by atoms with Crippen molar-refractivity contribution in [3.8, 4) is 0 Å². The summed E-state index contributed by atoms with van der Waals surface area (Å²) in [6.45, 7) is 3.36. The zero-order valence-corrected chi connectivity index (χ0v) is 7.31. The van der Waals surface area contributed by atoms with Crippen LogP contribution < -0.4 is 11.1 Å². The van der Waals surface area contributed by atoms with Crippen molar-refractivity contribution >= 4 is 10.5 Å². The van der Waals surface area contributed by atoms with Crippen LogP contribution in [0.3, 0.4) is 0 Å². The molecule has 0 fully saturated rings. The first kappa shape index (κ1) is 8.10. The van der Waals surface area contributed by atoms with Crippen LogP contribution in [0.15, 0.2) is 0 Å². The number of nitrogens with two attached hydrogens (primary N) is 1. The molecule has 0 unspecified atom stereocenters. The van der Waals surface area contributed by atoms with Gasteiger partial charge in [-0.1, -0.05) is 0 Å². The number of rotatable bonds is 5. The second-order valence-electron chi connectivity index (χ2n) is 1.53. The summed E-state index contributed by atoms with van der Waals surface area (Å²) in [6, 6.07) is 0. The first-order valence-electron chi connectivity index (χ1n) is 2.81. The second-order valence-corrected chi connectivity index (χ2v) is 2.11. The monoisotopic (exact) mass is 134 g/mol. The molecular formula is C4H14N2OSi. The highest BCUT2D eigenvalue weighted by atomic mass is 28.2. The number of hydrogen-bond acceptors (Lipinski definition) is 3. The van der Waals surface area contributed by atoms with Gasteiger partial charge in [-0.2, -0.15) is 0 Å². The summed E-state index contributed by atoms with van der Waals surface area (Å²) < 4.78 is 4.92. The van der Waals surface area contributed by atoms with E-state index >= 15 is 0 Å². The van der Waals surface area contributed by atoms with E-state index in [0.29, 0.717) is 6.54 Å². The summed E-state index contributed by atoms with van der Waals surface area (Å²) in [6.07, 6.45) is 0. The van der Waals surface area contributed by atoms with Crippen LogP contribution in [0.5, 0.6) is 0 Å². The summed E-state index contributed by atoms with van der Waals surface area (Å²) >= 11 is 0. The summed E-state index contributed by atoms with van der Waals surface area (Å²) in [5, 5.41) is 3.11. The van der Waals surface area contributed by atoms with E-state index in [2.05, 4.69) is 5.32 Å². The molecule has 0 saturated carbocycles. The lowest BCUT2D eigenvalue weighted by atomic mass is 10.6. The van der Waals surface area contributed by atoms with Crippen LogP contribution in [0.2, 0.25) is 0 Å². The third kappa shape index (κ3) is 6.10. The maximum Gasteiger partial charge on any atom is 0.146 e. The van der Waals surface area contributed by atoms with E-state index in [9.17, 15) is 0 Å². The van der Waals surface area contributed by atoms with Crippen LogP contribution in [0, 0.1) is 0 Å². The lowest BCUT2D eigenvalue weighted by Crippen LogP contribution is -2.25. The van der Waals surface area contributed by atoms with Gasteiger partial charge in [0.05, 0.1) is 0 Å². The summed E-state index contributed by atoms with van der Waals surface area (Å²) in [4.78, 5) is 0. The van der Waals surface area contributed by atoms with E-state index in [0.717, 1.165) is 30.2 Å². The highest BCUT2D eigenvalue weighted by Crippen LogP contribution is 1.60. The van der Waals surface area contributed by atoms with Crippen molar-refractivity contribution in [2.45, 2.75) is 0 Å². The third-order valence-corrected chi connectivity index (χ3v) is 1.21. The average Bonchev–Trinajstić information content (AvgIpc) is 1.81. The number of hydrogen-bond donors (Lipinski definition) is 2. The molecule has 8 heavy (non-hydrogen) atoms. The Morgan fingerprint density at radius 2 is 2.25 bits per heavy atom. The van der Waals surface area contributed by atoms with Gasteiger partial charge in [0.25, 0.3) is 0 Å². The zero-order valence-electron chi connectivity index (χ0n) is 5.31. The largest absolute Gasteiger partial charge is 0.427 e. The van der Waals surface area contributed by atoms with Gasteiger partial charge in [0.15, 0.2) is 0 Å². The van der Waals surface area contributed by atoms with Crippen molar-refractivity contribution < 1.29 is 4.43 Å². The molecule has 0 aliphatic carbocycles. The Labute approximate surface area is 53.1 Å². The fourth-order valence-corrected chi connectivity index (χ4v) is 0.605. The quantitative estimate of drug-likeness (QED) is 0.332. The lowest BCUT2D eigenvalue weighted by molar-refractivity contribution is 0.345. The van der Waals surface area contributed by atoms with Gasteiger partial charge >= 0.3 is 0 Å². The molecule has 4 heteroatoms. The van der Waals surface area contributed by atoms with Crippen LogP contribution in [0.1, 0.15) is 0 Å². The maximum absolute atomic E-state index is 5.22. The molecule has 3 N–H and O–H groups in total. The van der Waals surface area contributed by atoms with Gasteiger partial charge in [0.2, 0.25) is 0 Å². The summed E-state index contributed by atoms with van der Waals surface area (Å²) in [5.74, 6) is 0. The zero-order chi connectivity index (χ0) is 6.24. The SMILES string of the molecule is NCCNCCO[SiH3]. The van der Waals surface area contributed by atoms with Gasteiger partial charge < -0.3 is 15.5 Å². The van der Waals surface area contributed by atoms with Gasteiger partial charge in [-0.05, 0) is 0 Å². The van der Waals surface area contributed by atoms with Crippen molar-refractivity contribution in [1.29, 1.82) is 0 Å². The van der Waals surface area contributed by atoms with Crippen LogP contribution in [0.25, 0.3) is 0 Å². The van der Waals surface area contributed by atoms with Gasteiger partial charge in [-0.3, -0.25) is 0 Å². The summed E-state index contributed by atoms with van der Waals surface area (Å²) in [5.41, 5.74) is 5.22. The average molecular weight is 134 g/mol. The van der Waals surface area contributed by atoms with E-state index in [4.69, 9.17) is 10.2 Å².